The first-order valence-corrected chi connectivity index (χ1v) is 11.6. The zero-order valence-corrected chi connectivity index (χ0v) is 18.8. The molecule has 0 bridgehead atoms. The van der Waals surface area contributed by atoms with E-state index in [2.05, 4.69) is 15.5 Å². The third kappa shape index (κ3) is 5.51. The summed E-state index contributed by atoms with van der Waals surface area (Å²) in [5.41, 5.74) is 1.33. The summed E-state index contributed by atoms with van der Waals surface area (Å²) in [5.74, 6) is 1.12. The highest BCUT2D eigenvalue weighted by atomic mass is 16.5. The highest BCUT2D eigenvalue weighted by Crippen LogP contribution is 2.33. The maximum absolute atomic E-state index is 12.7. The van der Waals surface area contributed by atoms with Crippen LogP contribution in [0.5, 0.6) is 5.75 Å². The van der Waals surface area contributed by atoms with Gasteiger partial charge in [-0.1, -0.05) is 0 Å². The number of anilines is 2. The fraction of sp³-hybridized carbons (Fsp3) is 0.652. The zero-order chi connectivity index (χ0) is 22.3. The Kier molecular flexibility index (Phi) is 7.83. The van der Waals surface area contributed by atoms with Gasteiger partial charge in [-0.3, -0.25) is 9.69 Å². The van der Waals surface area contributed by atoms with Crippen LogP contribution in [0.25, 0.3) is 0 Å². The van der Waals surface area contributed by atoms with Crippen LogP contribution in [0.15, 0.2) is 18.2 Å². The number of nitrogens with zero attached hydrogens (tertiary/aromatic N) is 2. The first-order valence-electron chi connectivity index (χ1n) is 11.6. The smallest absolute Gasteiger partial charge is 0.319 e. The van der Waals surface area contributed by atoms with Gasteiger partial charge in [0.25, 0.3) is 0 Å². The number of rotatable bonds is 7. The molecule has 0 aromatic heterocycles. The summed E-state index contributed by atoms with van der Waals surface area (Å²) in [4.78, 5) is 29.3. The largest absolute Gasteiger partial charge is 0.495 e. The van der Waals surface area contributed by atoms with Crippen LogP contribution in [-0.2, 0) is 14.3 Å². The van der Waals surface area contributed by atoms with Gasteiger partial charge in [0.15, 0.2) is 0 Å². The Balaban J connectivity index is 1.39. The van der Waals surface area contributed by atoms with Crippen molar-refractivity contribution in [2.45, 2.75) is 31.7 Å². The Hall–Kier alpha value is -2.36. The minimum absolute atomic E-state index is 0.0864. The van der Waals surface area contributed by atoms with Crippen LogP contribution in [0.1, 0.15) is 25.7 Å². The van der Waals surface area contributed by atoms with Gasteiger partial charge >= 0.3 is 6.03 Å². The molecule has 0 radical (unpaired) electrons. The van der Waals surface area contributed by atoms with E-state index in [1.165, 1.54) is 0 Å². The van der Waals surface area contributed by atoms with Crippen LogP contribution in [0.3, 0.4) is 0 Å². The topological polar surface area (TPSA) is 92.4 Å². The summed E-state index contributed by atoms with van der Waals surface area (Å²) >= 11 is 0. The van der Waals surface area contributed by atoms with Crippen molar-refractivity contribution in [3.63, 3.8) is 0 Å². The summed E-state index contributed by atoms with van der Waals surface area (Å²) in [6, 6.07) is 5.36. The van der Waals surface area contributed by atoms with Crippen molar-refractivity contribution in [2.75, 3.05) is 69.9 Å². The SMILES string of the molecule is COc1ccc(NC(=O)NC[C@@H]([C@H]2CCOC2)N2CCOCC2)cc1N1CCCCC1=O. The summed E-state index contributed by atoms with van der Waals surface area (Å²) in [5, 5.41) is 5.96. The van der Waals surface area contributed by atoms with Crippen LogP contribution in [-0.4, -0.2) is 82.6 Å². The average Bonchev–Trinajstić information content (AvgIpc) is 3.35. The number of morpholine rings is 1. The van der Waals surface area contributed by atoms with E-state index in [4.69, 9.17) is 14.2 Å². The number of hydrogen-bond acceptors (Lipinski definition) is 6. The van der Waals surface area contributed by atoms with Gasteiger partial charge < -0.3 is 29.7 Å². The fourth-order valence-electron chi connectivity index (χ4n) is 4.77. The Bertz CT molecular complexity index is 793. The summed E-state index contributed by atoms with van der Waals surface area (Å²) in [6.07, 6.45) is 3.42. The quantitative estimate of drug-likeness (QED) is 0.666. The van der Waals surface area contributed by atoms with E-state index in [0.29, 0.717) is 42.6 Å². The normalized spacial score (nSPS) is 23.1. The summed E-state index contributed by atoms with van der Waals surface area (Å²) < 4.78 is 16.6. The van der Waals surface area contributed by atoms with Crippen molar-refractivity contribution in [1.82, 2.24) is 10.2 Å². The molecule has 3 saturated heterocycles. The maximum atomic E-state index is 12.7. The molecular weight excluding hydrogens is 412 g/mol. The van der Waals surface area contributed by atoms with Crippen molar-refractivity contribution in [3.05, 3.63) is 18.2 Å². The zero-order valence-electron chi connectivity index (χ0n) is 18.8. The van der Waals surface area contributed by atoms with E-state index in [1.807, 2.05) is 6.07 Å². The van der Waals surface area contributed by atoms with E-state index in [-0.39, 0.29) is 18.0 Å². The number of benzene rings is 1. The van der Waals surface area contributed by atoms with Crippen LogP contribution >= 0.6 is 0 Å². The molecular formula is C23H34N4O5. The Labute approximate surface area is 189 Å². The van der Waals surface area contributed by atoms with Gasteiger partial charge in [0.2, 0.25) is 5.91 Å². The number of carbonyl (C=O) groups excluding carboxylic acids is 2. The van der Waals surface area contributed by atoms with E-state index in [1.54, 1.807) is 24.1 Å². The number of amides is 3. The monoisotopic (exact) mass is 446 g/mol. The second kappa shape index (κ2) is 11.0. The molecule has 9 nitrogen and oxygen atoms in total. The first-order chi connectivity index (χ1) is 15.7. The van der Waals surface area contributed by atoms with Gasteiger partial charge in [-0.15, -0.1) is 0 Å². The molecule has 2 N–H and O–H groups in total. The van der Waals surface area contributed by atoms with Crippen LogP contribution in [0, 0.1) is 5.92 Å². The third-order valence-electron chi connectivity index (χ3n) is 6.55. The molecule has 3 amide bonds. The Morgan fingerprint density at radius 1 is 1.19 bits per heavy atom. The molecule has 2 atom stereocenters. The van der Waals surface area contributed by atoms with Crippen molar-refractivity contribution < 1.29 is 23.8 Å². The van der Waals surface area contributed by atoms with Crippen molar-refractivity contribution in [1.29, 1.82) is 0 Å². The molecule has 1 aromatic carbocycles. The standard InChI is InChI=1S/C23H34N4O5/c1-30-21-6-5-18(14-19(21)27-8-3-2-4-22(27)28)25-23(29)24-15-20(17-7-11-32-16-17)26-9-12-31-13-10-26/h5-6,14,17,20H,2-4,7-13,15-16H2,1H3,(H2,24,25,29)/t17-,20-/m0/s1. The number of piperidine rings is 1. The molecule has 0 spiro atoms. The lowest BCUT2D eigenvalue weighted by Crippen LogP contribution is -2.52. The average molecular weight is 447 g/mol. The summed E-state index contributed by atoms with van der Waals surface area (Å²) in [6.45, 7) is 5.91. The van der Waals surface area contributed by atoms with E-state index in [9.17, 15) is 9.59 Å². The van der Waals surface area contributed by atoms with E-state index >= 15 is 0 Å². The minimum atomic E-state index is -0.261. The van der Waals surface area contributed by atoms with Crippen molar-refractivity contribution >= 4 is 23.3 Å². The van der Waals surface area contributed by atoms with Crippen LogP contribution < -0.4 is 20.3 Å². The highest BCUT2D eigenvalue weighted by molar-refractivity contribution is 5.97. The van der Waals surface area contributed by atoms with Gasteiger partial charge in [0, 0.05) is 56.9 Å². The van der Waals surface area contributed by atoms with Gasteiger partial charge in [0.05, 0.1) is 32.6 Å². The predicted octanol–water partition coefficient (Wildman–Crippen LogP) is 2.07. The molecule has 3 aliphatic rings. The number of hydrogen-bond donors (Lipinski definition) is 2. The third-order valence-corrected chi connectivity index (χ3v) is 6.55. The molecule has 4 rings (SSSR count). The van der Waals surface area contributed by atoms with E-state index < -0.39 is 0 Å². The number of nitrogens with one attached hydrogen (secondary N) is 2. The number of ether oxygens (including phenoxy) is 3. The number of methoxy groups -OCH3 is 1. The Morgan fingerprint density at radius 2 is 2.03 bits per heavy atom. The lowest BCUT2D eigenvalue weighted by atomic mass is 9.97. The van der Waals surface area contributed by atoms with Crippen LogP contribution in [0.4, 0.5) is 16.2 Å². The Morgan fingerprint density at radius 3 is 2.75 bits per heavy atom. The van der Waals surface area contributed by atoms with Crippen molar-refractivity contribution in [2.24, 2.45) is 5.92 Å². The number of urea groups is 1. The summed E-state index contributed by atoms with van der Waals surface area (Å²) in [7, 11) is 1.59. The molecule has 1 aromatic rings. The maximum Gasteiger partial charge on any atom is 0.319 e. The van der Waals surface area contributed by atoms with Gasteiger partial charge in [-0.05, 0) is 37.5 Å². The predicted molar refractivity (Wildman–Crippen MR) is 121 cm³/mol. The molecule has 3 heterocycles. The lowest BCUT2D eigenvalue weighted by molar-refractivity contribution is -0.119. The number of carbonyl (C=O) groups is 2. The second-order valence-corrected chi connectivity index (χ2v) is 8.56. The molecule has 0 saturated carbocycles. The highest BCUT2D eigenvalue weighted by Gasteiger charge is 2.32. The lowest BCUT2D eigenvalue weighted by Gasteiger charge is -2.37. The van der Waals surface area contributed by atoms with E-state index in [0.717, 1.165) is 58.8 Å². The second-order valence-electron chi connectivity index (χ2n) is 8.56. The van der Waals surface area contributed by atoms with Gasteiger partial charge in [0.1, 0.15) is 5.75 Å². The van der Waals surface area contributed by atoms with Gasteiger partial charge in [-0.25, -0.2) is 4.79 Å². The molecule has 176 valence electrons. The molecule has 9 heteroatoms. The first kappa shape index (κ1) is 22.8. The molecule has 0 aliphatic carbocycles. The molecule has 3 fully saturated rings. The molecule has 32 heavy (non-hydrogen) atoms. The van der Waals surface area contributed by atoms with Crippen molar-refractivity contribution in [3.8, 4) is 5.75 Å². The fourth-order valence-corrected chi connectivity index (χ4v) is 4.77. The molecule has 0 unspecified atom stereocenters. The van der Waals surface area contributed by atoms with Gasteiger partial charge in [-0.2, -0.15) is 0 Å². The van der Waals surface area contributed by atoms with Crippen LogP contribution in [0.2, 0.25) is 0 Å². The minimum Gasteiger partial charge on any atom is -0.495 e. The molecule has 3 aliphatic heterocycles.